The van der Waals surface area contributed by atoms with Crippen molar-refractivity contribution in [3.63, 3.8) is 0 Å². The number of carbonyl (C=O) groups is 1. The van der Waals surface area contributed by atoms with Gasteiger partial charge >= 0.3 is 0 Å². The molecule has 0 saturated carbocycles. The van der Waals surface area contributed by atoms with E-state index in [1.165, 1.54) is 4.31 Å². The van der Waals surface area contributed by atoms with Gasteiger partial charge in [0.25, 0.3) is 10.0 Å². The summed E-state index contributed by atoms with van der Waals surface area (Å²) in [6.45, 7) is 0.914. The zero-order valence-corrected chi connectivity index (χ0v) is 17.9. The first kappa shape index (κ1) is 19.7. The Morgan fingerprint density at radius 2 is 1.97 bits per heavy atom. The Morgan fingerprint density at radius 3 is 2.76 bits per heavy atom. The first-order valence-corrected chi connectivity index (χ1v) is 11.3. The second-order valence-corrected chi connectivity index (χ2v) is 9.42. The number of aromatic nitrogens is 2. The highest BCUT2D eigenvalue weighted by atomic mass is 79.9. The molecule has 9 heteroatoms. The first-order valence-electron chi connectivity index (χ1n) is 9.11. The number of rotatable bonds is 6. The van der Waals surface area contributed by atoms with Crippen molar-refractivity contribution in [2.45, 2.75) is 17.9 Å². The molecule has 0 aliphatic carbocycles. The van der Waals surface area contributed by atoms with Crippen LogP contribution < -0.4 is 9.62 Å². The molecule has 7 nitrogen and oxygen atoms in total. The molecule has 0 saturated heterocycles. The minimum Gasteiger partial charge on any atom is -0.354 e. The molecule has 0 atom stereocenters. The van der Waals surface area contributed by atoms with E-state index in [0.717, 1.165) is 23.0 Å². The van der Waals surface area contributed by atoms with Crippen molar-refractivity contribution in [1.82, 2.24) is 14.9 Å². The van der Waals surface area contributed by atoms with Gasteiger partial charge in [-0.05, 0) is 30.7 Å². The Kier molecular flexibility index (Phi) is 5.42. The lowest BCUT2D eigenvalue weighted by Gasteiger charge is -2.31. The smallest absolute Gasteiger partial charge is 0.265 e. The predicted molar refractivity (Wildman–Crippen MR) is 114 cm³/mol. The van der Waals surface area contributed by atoms with E-state index < -0.39 is 10.0 Å². The largest absolute Gasteiger partial charge is 0.354 e. The Morgan fingerprint density at radius 1 is 1.14 bits per heavy atom. The molecular formula is C20H19BrN4O3S. The summed E-state index contributed by atoms with van der Waals surface area (Å²) in [5.74, 6) is -0.340. The third-order valence-electron chi connectivity index (χ3n) is 4.73. The van der Waals surface area contributed by atoms with Gasteiger partial charge in [-0.25, -0.2) is 13.4 Å². The highest BCUT2D eigenvalue weighted by Crippen LogP contribution is 2.43. The molecule has 1 aromatic heterocycles. The summed E-state index contributed by atoms with van der Waals surface area (Å²) in [5.41, 5.74) is 1.92. The van der Waals surface area contributed by atoms with E-state index in [2.05, 4.69) is 26.2 Å². The number of nitrogens with zero attached hydrogens (tertiary/aromatic N) is 3. The number of halogens is 1. The van der Waals surface area contributed by atoms with Crippen molar-refractivity contribution in [3.05, 3.63) is 65.7 Å². The maximum atomic E-state index is 13.2. The fraction of sp³-hybridized carbons (Fsp3) is 0.200. The van der Waals surface area contributed by atoms with Gasteiger partial charge in [-0.2, -0.15) is 0 Å². The van der Waals surface area contributed by atoms with E-state index in [9.17, 15) is 13.2 Å². The van der Waals surface area contributed by atoms with Crippen molar-refractivity contribution < 1.29 is 13.2 Å². The van der Waals surface area contributed by atoms with E-state index in [4.69, 9.17) is 0 Å². The molecule has 1 aliphatic heterocycles. The van der Waals surface area contributed by atoms with Crippen molar-refractivity contribution in [3.8, 4) is 11.1 Å². The summed E-state index contributed by atoms with van der Waals surface area (Å²) >= 11 is 3.45. The van der Waals surface area contributed by atoms with Crippen LogP contribution in [0, 0.1) is 0 Å². The van der Waals surface area contributed by atoms with Crippen LogP contribution in [0.15, 0.2) is 70.6 Å². The minimum absolute atomic E-state index is 0.207. The number of imidazole rings is 1. The molecular weight excluding hydrogens is 456 g/mol. The molecule has 2 heterocycles. The zero-order chi connectivity index (χ0) is 20.4. The highest BCUT2D eigenvalue weighted by Gasteiger charge is 2.35. The first-order chi connectivity index (χ1) is 14.0. The van der Waals surface area contributed by atoms with Crippen LogP contribution in [0.5, 0.6) is 0 Å². The maximum Gasteiger partial charge on any atom is 0.265 e. The molecule has 0 radical (unpaired) electrons. The summed E-state index contributed by atoms with van der Waals surface area (Å²) < 4.78 is 30.3. The molecule has 3 aromatic rings. The normalized spacial score (nSPS) is 14.2. The lowest BCUT2D eigenvalue weighted by molar-refractivity contribution is -0.119. The lowest BCUT2D eigenvalue weighted by Crippen LogP contribution is -2.42. The Bertz CT molecular complexity index is 1150. The monoisotopic (exact) mass is 474 g/mol. The summed E-state index contributed by atoms with van der Waals surface area (Å²) in [6, 6.07) is 12.2. The van der Waals surface area contributed by atoms with E-state index >= 15 is 0 Å². The molecule has 2 aromatic carbocycles. The van der Waals surface area contributed by atoms with Gasteiger partial charge in [-0.15, -0.1) is 0 Å². The van der Waals surface area contributed by atoms with Crippen molar-refractivity contribution in [2.75, 3.05) is 17.4 Å². The quantitative estimate of drug-likeness (QED) is 0.556. The van der Waals surface area contributed by atoms with Crippen molar-refractivity contribution >= 4 is 37.5 Å². The van der Waals surface area contributed by atoms with Gasteiger partial charge in [0.1, 0.15) is 6.54 Å². The summed E-state index contributed by atoms with van der Waals surface area (Å²) in [5, 5.41) is 2.81. The van der Waals surface area contributed by atoms with Gasteiger partial charge < -0.3 is 9.88 Å². The number of anilines is 1. The fourth-order valence-electron chi connectivity index (χ4n) is 3.37. The van der Waals surface area contributed by atoms with Crippen molar-refractivity contribution in [2.24, 2.45) is 0 Å². The molecule has 4 rings (SSSR count). The third-order valence-corrected chi connectivity index (χ3v) is 7.05. The van der Waals surface area contributed by atoms with E-state index in [1.807, 2.05) is 22.9 Å². The summed E-state index contributed by atoms with van der Waals surface area (Å²) in [4.78, 5) is 16.7. The van der Waals surface area contributed by atoms with E-state index in [-0.39, 0.29) is 17.3 Å². The number of benzene rings is 2. The number of amides is 1. The molecule has 0 unspecified atom stereocenters. The van der Waals surface area contributed by atoms with E-state index in [0.29, 0.717) is 17.8 Å². The Labute approximate surface area is 177 Å². The Hall–Kier alpha value is -2.65. The number of carbonyl (C=O) groups excluding carboxylic acids is 1. The van der Waals surface area contributed by atoms with Crippen LogP contribution >= 0.6 is 15.9 Å². The number of hydrogen-bond acceptors (Lipinski definition) is 4. The number of nitrogens with one attached hydrogen (secondary N) is 1. The van der Waals surface area contributed by atoms with Gasteiger partial charge in [0, 0.05) is 41.1 Å². The number of aryl methyl sites for hydroxylation is 1. The number of fused-ring (bicyclic) bond motifs is 3. The predicted octanol–water partition coefficient (Wildman–Crippen LogP) is 3.03. The van der Waals surface area contributed by atoms with Gasteiger partial charge in [0.2, 0.25) is 5.91 Å². The zero-order valence-electron chi connectivity index (χ0n) is 15.5. The van der Waals surface area contributed by atoms with Gasteiger partial charge in [-0.1, -0.05) is 34.1 Å². The molecule has 0 fully saturated rings. The van der Waals surface area contributed by atoms with Crippen LogP contribution in [-0.2, 0) is 21.4 Å². The summed E-state index contributed by atoms with van der Waals surface area (Å²) in [6.07, 6.45) is 6.00. The molecule has 1 aliphatic rings. The second-order valence-electron chi connectivity index (χ2n) is 6.67. The fourth-order valence-corrected chi connectivity index (χ4v) is 5.38. The second kappa shape index (κ2) is 8.00. The Balaban J connectivity index is 1.53. The SMILES string of the molecule is O=C(CN1c2ccc(Br)cc2-c2ccccc2S1(=O)=O)NCCCn1ccnc1. The minimum atomic E-state index is -3.83. The van der Waals surface area contributed by atoms with Gasteiger partial charge in [0.15, 0.2) is 0 Å². The van der Waals surface area contributed by atoms with Crippen LogP contribution in [0.2, 0.25) is 0 Å². The summed E-state index contributed by atoms with van der Waals surface area (Å²) in [7, 11) is -3.83. The van der Waals surface area contributed by atoms with Crippen LogP contribution in [-0.4, -0.2) is 37.0 Å². The van der Waals surface area contributed by atoms with Gasteiger partial charge in [-0.3, -0.25) is 9.10 Å². The number of hydrogen-bond donors (Lipinski definition) is 1. The standard InChI is InChI=1S/C20H19BrN4O3S/c21-15-6-7-18-17(12-15)16-4-1-2-5-19(16)29(27,28)25(18)13-20(26)23-8-3-10-24-11-9-22-14-24/h1-2,4-7,9,11-12,14H,3,8,10,13H2,(H,23,26). The molecule has 0 spiro atoms. The van der Waals surface area contributed by atoms with Crippen LogP contribution in [0.3, 0.4) is 0 Å². The topological polar surface area (TPSA) is 84.3 Å². The average molecular weight is 475 g/mol. The van der Waals surface area contributed by atoms with Crippen LogP contribution in [0.25, 0.3) is 11.1 Å². The van der Waals surface area contributed by atoms with Gasteiger partial charge in [0.05, 0.1) is 16.9 Å². The average Bonchev–Trinajstić information content (AvgIpc) is 3.22. The molecule has 0 bridgehead atoms. The third kappa shape index (κ3) is 3.92. The van der Waals surface area contributed by atoms with E-state index in [1.54, 1.807) is 42.9 Å². The molecule has 1 N–H and O–H groups in total. The van der Waals surface area contributed by atoms with Crippen LogP contribution in [0.1, 0.15) is 6.42 Å². The highest BCUT2D eigenvalue weighted by molar-refractivity contribution is 9.10. The van der Waals surface area contributed by atoms with Crippen LogP contribution in [0.4, 0.5) is 5.69 Å². The lowest BCUT2D eigenvalue weighted by atomic mass is 10.0. The molecule has 150 valence electrons. The molecule has 29 heavy (non-hydrogen) atoms. The maximum absolute atomic E-state index is 13.2. The van der Waals surface area contributed by atoms with Crippen molar-refractivity contribution in [1.29, 1.82) is 0 Å². The number of sulfonamides is 1. The molecule has 1 amide bonds.